The summed E-state index contributed by atoms with van der Waals surface area (Å²) < 4.78 is 0. The Hall–Kier alpha value is 1.92. The molecule has 0 spiro atoms. The van der Waals surface area contributed by atoms with Gasteiger partial charge in [0.05, 0.1) is 0 Å². The molecule has 0 radical (unpaired) electrons. The van der Waals surface area contributed by atoms with Crippen LogP contribution in [0, 0.1) is 0 Å². The van der Waals surface area contributed by atoms with E-state index in [1.54, 1.807) is 0 Å². The highest BCUT2D eigenvalue weighted by molar-refractivity contribution is 9.12. The first-order valence-corrected chi connectivity index (χ1v) is 7.18. The van der Waals surface area contributed by atoms with Crippen molar-refractivity contribution in [2.45, 2.75) is 22.5 Å². The Morgan fingerprint density at radius 3 is 1.30 bits per heavy atom. The predicted octanol–water partition coefficient (Wildman–Crippen LogP) is 4.08. The molecular formula is C6H10Br4. The van der Waals surface area contributed by atoms with E-state index in [1.807, 2.05) is 0 Å². The summed E-state index contributed by atoms with van der Waals surface area (Å²) in [5, 5.41) is 2.07. The predicted molar refractivity (Wildman–Crippen MR) is 62.3 cm³/mol. The van der Waals surface area contributed by atoms with E-state index in [4.69, 9.17) is 0 Å². The van der Waals surface area contributed by atoms with Gasteiger partial charge in [0, 0.05) is 20.3 Å². The van der Waals surface area contributed by atoms with Gasteiger partial charge in [-0.15, -0.1) is 0 Å². The summed E-state index contributed by atoms with van der Waals surface area (Å²) in [4.78, 5) is 1.23. The first kappa shape index (κ1) is 11.9. The van der Waals surface area contributed by atoms with Gasteiger partial charge < -0.3 is 0 Å². The third-order valence-corrected chi connectivity index (χ3v) is 5.99. The minimum absolute atomic E-state index is 0.617. The van der Waals surface area contributed by atoms with E-state index in [0.29, 0.717) is 9.65 Å². The largest absolute Gasteiger partial charge is 0.0916 e. The zero-order chi connectivity index (χ0) is 7.98. The maximum absolute atomic E-state index is 3.55. The molecule has 0 fully saturated rings. The average Bonchev–Trinajstić information content (AvgIpc) is 1.99. The molecule has 0 bridgehead atoms. The van der Waals surface area contributed by atoms with Crippen molar-refractivity contribution in [1.82, 2.24) is 0 Å². The number of rotatable bonds is 5. The van der Waals surface area contributed by atoms with Crippen LogP contribution in [0.25, 0.3) is 0 Å². The van der Waals surface area contributed by atoms with Crippen molar-refractivity contribution in [2.75, 3.05) is 10.7 Å². The number of alkyl halides is 4. The molecule has 0 rings (SSSR count). The van der Waals surface area contributed by atoms with E-state index in [-0.39, 0.29) is 0 Å². The quantitative estimate of drug-likeness (QED) is 0.609. The van der Waals surface area contributed by atoms with E-state index in [0.717, 1.165) is 10.7 Å². The van der Waals surface area contributed by atoms with Crippen LogP contribution >= 0.6 is 63.7 Å². The molecular weight excluding hydrogens is 392 g/mol. The molecule has 62 valence electrons. The summed E-state index contributed by atoms with van der Waals surface area (Å²) in [5.74, 6) is 0. The van der Waals surface area contributed by atoms with Crippen LogP contribution in [0.1, 0.15) is 12.8 Å². The molecule has 0 aliphatic rings. The van der Waals surface area contributed by atoms with E-state index >= 15 is 0 Å². The Bertz CT molecular complexity index is 66.1. The molecule has 0 saturated carbocycles. The van der Waals surface area contributed by atoms with Gasteiger partial charge >= 0.3 is 0 Å². The fourth-order valence-corrected chi connectivity index (χ4v) is 1.69. The topological polar surface area (TPSA) is 0 Å². The van der Waals surface area contributed by atoms with Gasteiger partial charge in [0.15, 0.2) is 0 Å². The monoisotopic (exact) mass is 398 g/mol. The molecule has 0 aliphatic heterocycles. The van der Waals surface area contributed by atoms with Crippen LogP contribution in [0.2, 0.25) is 0 Å². The van der Waals surface area contributed by atoms with Gasteiger partial charge in [0.25, 0.3) is 0 Å². The van der Waals surface area contributed by atoms with Crippen LogP contribution in [0.15, 0.2) is 0 Å². The van der Waals surface area contributed by atoms with Gasteiger partial charge in [-0.25, -0.2) is 0 Å². The second-order valence-electron chi connectivity index (χ2n) is 2.08. The lowest BCUT2D eigenvalue weighted by atomic mass is 10.2. The fourth-order valence-electron chi connectivity index (χ4n) is 0.516. The highest BCUT2D eigenvalue weighted by Crippen LogP contribution is 2.17. The molecule has 2 atom stereocenters. The molecule has 0 aliphatic carbocycles. The maximum atomic E-state index is 3.55. The van der Waals surface area contributed by atoms with Gasteiger partial charge in [-0.3, -0.25) is 0 Å². The van der Waals surface area contributed by atoms with E-state index < -0.39 is 0 Å². The van der Waals surface area contributed by atoms with Crippen molar-refractivity contribution in [3.05, 3.63) is 0 Å². The fraction of sp³-hybridized carbons (Fsp3) is 1.00. The van der Waals surface area contributed by atoms with Crippen LogP contribution in [0.5, 0.6) is 0 Å². The third-order valence-electron chi connectivity index (χ3n) is 1.13. The SMILES string of the molecule is BrC[C@@H](Br)CC[C@@H](Br)CBr. The van der Waals surface area contributed by atoms with Crippen molar-refractivity contribution in [3.63, 3.8) is 0 Å². The van der Waals surface area contributed by atoms with Crippen molar-refractivity contribution >= 4 is 63.7 Å². The average molecular weight is 402 g/mol. The van der Waals surface area contributed by atoms with Crippen LogP contribution in [-0.2, 0) is 0 Å². The molecule has 0 heterocycles. The van der Waals surface area contributed by atoms with Gasteiger partial charge in [-0.1, -0.05) is 63.7 Å². The molecule has 0 unspecified atom stereocenters. The molecule has 0 aromatic rings. The molecule has 0 nitrogen and oxygen atoms in total. The van der Waals surface area contributed by atoms with Crippen LogP contribution < -0.4 is 0 Å². The highest BCUT2D eigenvalue weighted by atomic mass is 79.9. The van der Waals surface area contributed by atoms with Crippen molar-refractivity contribution < 1.29 is 0 Å². The van der Waals surface area contributed by atoms with Crippen LogP contribution in [0.3, 0.4) is 0 Å². The van der Waals surface area contributed by atoms with Crippen molar-refractivity contribution in [1.29, 1.82) is 0 Å². The lowest BCUT2D eigenvalue weighted by Gasteiger charge is -2.07. The zero-order valence-corrected chi connectivity index (χ0v) is 11.8. The molecule has 0 aromatic carbocycles. The Labute approximate surface area is 96.0 Å². The lowest BCUT2D eigenvalue weighted by Crippen LogP contribution is -2.05. The zero-order valence-electron chi connectivity index (χ0n) is 5.49. The van der Waals surface area contributed by atoms with E-state index in [9.17, 15) is 0 Å². The number of hydrogen-bond donors (Lipinski definition) is 0. The first-order chi connectivity index (χ1) is 4.70. The smallest absolute Gasteiger partial charge is 0.0243 e. The molecule has 0 aromatic heterocycles. The lowest BCUT2D eigenvalue weighted by molar-refractivity contribution is 0.751. The Balaban J connectivity index is 3.17. The third kappa shape index (κ3) is 6.62. The second kappa shape index (κ2) is 7.56. The maximum Gasteiger partial charge on any atom is 0.0243 e. The summed E-state index contributed by atoms with van der Waals surface area (Å²) in [6.07, 6.45) is 2.43. The van der Waals surface area contributed by atoms with Crippen LogP contribution in [0.4, 0.5) is 0 Å². The molecule has 4 heteroatoms. The molecule has 0 amide bonds. The van der Waals surface area contributed by atoms with Gasteiger partial charge in [-0.05, 0) is 12.8 Å². The second-order valence-corrected chi connectivity index (χ2v) is 5.97. The minimum atomic E-state index is 0.617. The van der Waals surface area contributed by atoms with Crippen molar-refractivity contribution in [2.24, 2.45) is 0 Å². The summed E-state index contributed by atoms with van der Waals surface area (Å²) >= 11 is 13.9. The van der Waals surface area contributed by atoms with Crippen molar-refractivity contribution in [3.8, 4) is 0 Å². The summed E-state index contributed by atoms with van der Waals surface area (Å²) in [7, 11) is 0. The van der Waals surface area contributed by atoms with Gasteiger partial charge in [0.1, 0.15) is 0 Å². The normalized spacial score (nSPS) is 16.8. The Kier molecular flexibility index (Phi) is 9.02. The van der Waals surface area contributed by atoms with Gasteiger partial charge in [-0.2, -0.15) is 0 Å². The van der Waals surface area contributed by atoms with Crippen LogP contribution in [-0.4, -0.2) is 20.3 Å². The standard InChI is InChI=1S/C6H10Br4/c7-3-5(9)1-2-6(10)4-8/h5-6H,1-4H2/t5-,6+. The van der Waals surface area contributed by atoms with Gasteiger partial charge in [0.2, 0.25) is 0 Å². The molecule has 0 saturated heterocycles. The summed E-state index contributed by atoms with van der Waals surface area (Å²) in [6.45, 7) is 0. The Morgan fingerprint density at radius 2 is 1.10 bits per heavy atom. The minimum Gasteiger partial charge on any atom is -0.0916 e. The molecule has 10 heavy (non-hydrogen) atoms. The van der Waals surface area contributed by atoms with E-state index in [2.05, 4.69) is 63.7 Å². The van der Waals surface area contributed by atoms with E-state index in [1.165, 1.54) is 12.8 Å². The molecule has 0 N–H and O–H groups in total. The summed E-state index contributed by atoms with van der Waals surface area (Å²) in [6, 6.07) is 0. The Morgan fingerprint density at radius 1 is 0.800 bits per heavy atom. The summed E-state index contributed by atoms with van der Waals surface area (Å²) in [5.41, 5.74) is 0. The highest BCUT2D eigenvalue weighted by Gasteiger charge is 2.05. The first-order valence-electron chi connectivity index (χ1n) is 3.10. The number of halogens is 4. The number of hydrogen-bond acceptors (Lipinski definition) is 0.